The maximum atomic E-state index is 6.73. The first-order valence-corrected chi connectivity index (χ1v) is 17.8. The minimum absolute atomic E-state index is 0.860. The molecule has 0 saturated carbocycles. The van der Waals surface area contributed by atoms with Crippen LogP contribution in [0.4, 0.5) is 17.1 Å². The van der Waals surface area contributed by atoms with Crippen molar-refractivity contribution in [1.29, 1.82) is 0 Å². The molecule has 0 saturated heterocycles. The molecule has 10 rings (SSSR count). The Hall–Kier alpha value is -6.90. The fraction of sp³-hybridized carbons (Fsp3) is 0. The van der Waals surface area contributed by atoms with Gasteiger partial charge in [-0.3, -0.25) is 0 Å². The molecule has 0 radical (unpaired) electrons. The molecule has 1 heterocycles. The van der Waals surface area contributed by atoms with E-state index in [9.17, 15) is 0 Å². The summed E-state index contributed by atoms with van der Waals surface area (Å²) in [7, 11) is 0. The molecule has 52 heavy (non-hydrogen) atoms. The van der Waals surface area contributed by atoms with Crippen LogP contribution in [0.25, 0.3) is 76.9 Å². The second kappa shape index (κ2) is 12.5. The van der Waals surface area contributed by atoms with Crippen molar-refractivity contribution in [2.75, 3.05) is 4.90 Å². The first-order chi connectivity index (χ1) is 25.8. The fourth-order valence-corrected chi connectivity index (χ4v) is 7.68. The summed E-state index contributed by atoms with van der Waals surface area (Å²) < 4.78 is 6.73. The predicted octanol–water partition coefficient (Wildman–Crippen LogP) is 14.4. The van der Waals surface area contributed by atoms with Gasteiger partial charge in [-0.15, -0.1) is 0 Å². The SMILES string of the molecule is c1ccc(-c2cccc3c2oc2cc(N(c4ccc(-c5ccc6ccccc6c5)cc4)c4cccc(-c5cccc6ccccc56)c4)ccc23)cc1. The van der Waals surface area contributed by atoms with E-state index >= 15 is 0 Å². The Morgan fingerprint density at radius 2 is 0.942 bits per heavy atom. The van der Waals surface area contributed by atoms with Crippen molar-refractivity contribution >= 4 is 60.5 Å². The second-order valence-electron chi connectivity index (χ2n) is 13.4. The van der Waals surface area contributed by atoms with Gasteiger partial charge in [-0.25, -0.2) is 0 Å². The lowest BCUT2D eigenvalue weighted by molar-refractivity contribution is 0.670. The molecular formula is C50H33NO. The summed E-state index contributed by atoms with van der Waals surface area (Å²) in [5.41, 5.74) is 11.9. The monoisotopic (exact) mass is 663 g/mol. The summed E-state index contributed by atoms with van der Waals surface area (Å²) in [6, 6.07) is 71.6. The Bertz CT molecular complexity index is 2900. The zero-order valence-electron chi connectivity index (χ0n) is 28.4. The van der Waals surface area contributed by atoms with Crippen molar-refractivity contribution in [3.63, 3.8) is 0 Å². The predicted molar refractivity (Wildman–Crippen MR) is 220 cm³/mol. The molecule has 1 aromatic heterocycles. The standard InChI is InChI=1S/C50H33NO/c1-2-12-37(13-3-1)46-21-10-22-48-47-30-29-43(33-49(47)52-50(46)48)51(41-27-25-35(26-28-41)39-24-23-34-11-4-5-15-38(34)31-39)42-18-8-17-40(32-42)45-20-9-16-36-14-6-7-19-44(36)45/h1-33H. The van der Waals surface area contributed by atoms with Crippen LogP contribution in [0.15, 0.2) is 205 Å². The van der Waals surface area contributed by atoms with Crippen LogP contribution < -0.4 is 4.90 Å². The maximum Gasteiger partial charge on any atom is 0.143 e. The molecule has 0 bridgehead atoms. The minimum atomic E-state index is 0.860. The smallest absolute Gasteiger partial charge is 0.143 e. The number of benzene rings is 9. The molecule has 244 valence electrons. The third kappa shape index (κ3) is 5.21. The first-order valence-electron chi connectivity index (χ1n) is 17.8. The van der Waals surface area contributed by atoms with Crippen LogP contribution in [-0.4, -0.2) is 0 Å². The quantitative estimate of drug-likeness (QED) is 0.176. The summed E-state index contributed by atoms with van der Waals surface area (Å²) >= 11 is 0. The second-order valence-corrected chi connectivity index (χ2v) is 13.4. The lowest BCUT2D eigenvalue weighted by atomic mass is 9.97. The lowest BCUT2D eigenvalue weighted by Crippen LogP contribution is -2.10. The zero-order valence-corrected chi connectivity index (χ0v) is 28.4. The van der Waals surface area contributed by atoms with Gasteiger partial charge in [0.05, 0.1) is 0 Å². The molecule has 0 aliphatic carbocycles. The van der Waals surface area contributed by atoms with Gasteiger partial charge in [0.15, 0.2) is 0 Å². The number of para-hydroxylation sites is 1. The maximum absolute atomic E-state index is 6.73. The van der Waals surface area contributed by atoms with Crippen molar-refractivity contribution in [2.24, 2.45) is 0 Å². The highest BCUT2D eigenvalue weighted by atomic mass is 16.3. The van der Waals surface area contributed by atoms with Gasteiger partial charge in [0, 0.05) is 39.5 Å². The summed E-state index contributed by atoms with van der Waals surface area (Å²) in [6.07, 6.45) is 0. The van der Waals surface area contributed by atoms with E-state index in [1.807, 2.05) is 6.07 Å². The molecule has 0 unspecified atom stereocenters. The molecule has 0 atom stereocenters. The van der Waals surface area contributed by atoms with Gasteiger partial charge in [0.1, 0.15) is 11.2 Å². The van der Waals surface area contributed by atoms with Gasteiger partial charge in [-0.2, -0.15) is 0 Å². The van der Waals surface area contributed by atoms with Crippen LogP contribution in [0.2, 0.25) is 0 Å². The van der Waals surface area contributed by atoms with Crippen LogP contribution in [0, 0.1) is 0 Å². The molecule has 0 fully saturated rings. The molecule has 2 nitrogen and oxygen atoms in total. The van der Waals surface area contributed by atoms with Crippen LogP contribution in [0.1, 0.15) is 0 Å². The normalized spacial score (nSPS) is 11.5. The average Bonchev–Trinajstić information content (AvgIpc) is 3.59. The van der Waals surface area contributed by atoms with Crippen molar-refractivity contribution in [2.45, 2.75) is 0 Å². The van der Waals surface area contributed by atoms with Crippen molar-refractivity contribution < 1.29 is 4.42 Å². The van der Waals surface area contributed by atoms with Gasteiger partial charge >= 0.3 is 0 Å². The number of rotatable bonds is 6. The van der Waals surface area contributed by atoms with E-state index in [-0.39, 0.29) is 0 Å². The molecule has 0 spiro atoms. The highest BCUT2D eigenvalue weighted by Crippen LogP contribution is 2.42. The Kier molecular flexibility index (Phi) is 7.18. The van der Waals surface area contributed by atoms with Gasteiger partial charge < -0.3 is 9.32 Å². The summed E-state index contributed by atoms with van der Waals surface area (Å²) in [4.78, 5) is 2.34. The molecule has 2 heteroatoms. The van der Waals surface area contributed by atoms with Crippen LogP contribution in [-0.2, 0) is 0 Å². The van der Waals surface area contributed by atoms with E-state index in [0.717, 1.165) is 50.1 Å². The number of nitrogens with zero attached hydrogens (tertiary/aromatic N) is 1. The third-order valence-electron chi connectivity index (χ3n) is 10.2. The summed E-state index contributed by atoms with van der Waals surface area (Å²) in [6.45, 7) is 0. The number of hydrogen-bond acceptors (Lipinski definition) is 2. The number of furan rings is 1. The summed E-state index contributed by atoms with van der Waals surface area (Å²) in [5, 5.41) is 7.19. The molecule has 0 amide bonds. The molecule has 9 aromatic carbocycles. The number of hydrogen-bond donors (Lipinski definition) is 0. The third-order valence-corrected chi connectivity index (χ3v) is 10.2. The van der Waals surface area contributed by atoms with Gasteiger partial charge in [0.25, 0.3) is 0 Å². The molecule has 0 aliphatic heterocycles. The summed E-state index contributed by atoms with van der Waals surface area (Å²) in [5.74, 6) is 0. The molecular weight excluding hydrogens is 631 g/mol. The fourth-order valence-electron chi connectivity index (χ4n) is 7.68. The van der Waals surface area contributed by atoms with E-state index in [1.165, 1.54) is 43.8 Å². The Morgan fingerprint density at radius 3 is 1.83 bits per heavy atom. The van der Waals surface area contributed by atoms with Gasteiger partial charge in [-0.05, 0) is 91.8 Å². The van der Waals surface area contributed by atoms with Crippen LogP contribution in [0.3, 0.4) is 0 Å². The molecule has 0 aliphatic rings. The van der Waals surface area contributed by atoms with Crippen LogP contribution in [0.5, 0.6) is 0 Å². The lowest BCUT2D eigenvalue weighted by Gasteiger charge is -2.26. The van der Waals surface area contributed by atoms with E-state index < -0.39 is 0 Å². The Balaban J connectivity index is 1.12. The highest BCUT2D eigenvalue weighted by Gasteiger charge is 2.18. The van der Waals surface area contributed by atoms with E-state index in [4.69, 9.17) is 4.42 Å². The largest absolute Gasteiger partial charge is 0.455 e. The van der Waals surface area contributed by atoms with E-state index in [1.54, 1.807) is 0 Å². The van der Waals surface area contributed by atoms with E-state index in [0.29, 0.717) is 0 Å². The van der Waals surface area contributed by atoms with Crippen molar-refractivity contribution in [1.82, 2.24) is 0 Å². The van der Waals surface area contributed by atoms with Gasteiger partial charge in [0.2, 0.25) is 0 Å². The Morgan fingerprint density at radius 1 is 0.308 bits per heavy atom. The topological polar surface area (TPSA) is 16.4 Å². The minimum Gasteiger partial charge on any atom is -0.455 e. The van der Waals surface area contributed by atoms with Gasteiger partial charge in [-0.1, -0.05) is 152 Å². The van der Waals surface area contributed by atoms with E-state index in [2.05, 4.69) is 199 Å². The molecule has 0 N–H and O–H groups in total. The Labute approximate surface area is 302 Å². The van der Waals surface area contributed by atoms with Crippen molar-refractivity contribution in [3.05, 3.63) is 200 Å². The average molecular weight is 664 g/mol. The molecule has 10 aromatic rings. The zero-order chi connectivity index (χ0) is 34.4. The highest BCUT2D eigenvalue weighted by molar-refractivity contribution is 6.10. The first kappa shape index (κ1) is 30.0. The number of anilines is 3. The van der Waals surface area contributed by atoms with Crippen molar-refractivity contribution in [3.8, 4) is 33.4 Å². The van der Waals surface area contributed by atoms with Crippen LogP contribution >= 0.6 is 0 Å². The number of fused-ring (bicyclic) bond motifs is 5.